The standard InChI is InChI=1S/C24H28N2O5/c1-6-13-26-23(27)21(16-7-9-17(10-8-16)31-15(2)3)22(24(26)28)25-19-14-18(29-4)11-12-20(19)30-5/h7-12,14-15,25H,6,13H2,1-5H3. The lowest BCUT2D eigenvalue weighted by Crippen LogP contribution is -2.33. The number of anilines is 1. The van der Waals surface area contributed by atoms with Crippen molar-refractivity contribution in [2.45, 2.75) is 33.3 Å². The number of methoxy groups -OCH3 is 2. The predicted octanol–water partition coefficient (Wildman–Crippen LogP) is 4.09. The summed E-state index contributed by atoms with van der Waals surface area (Å²) in [5, 5.41) is 3.13. The molecule has 0 saturated heterocycles. The summed E-state index contributed by atoms with van der Waals surface area (Å²) >= 11 is 0. The number of carbonyl (C=O) groups is 2. The smallest absolute Gasteiger partial charge is 0.278 e. The van der Waals surface area contributed by atoms with Crippen LogP contribution in [0.15, 0.2) is 48.2 Å². The second-order valence-electron chi connectivity index (χ2n) is 7.39. The van der Waals surface area contributed by atoms with Crippen LogP contribution in [0.2, 0.25) is 0 Å². The summed E-state index contributed by atoms with van der Waals surface area (Å²) in [6.07, 6.45) is 0.708. The van der Waals surface area contributed by atoms with Gasteiger partial charge in [0.2, 0.25) is 0 Å². The minimum absolute atomic E-state index is 0.0394. The van der Waals surface area contributed by atoms with Crippen LogP contribution in [0.3, 0.4) is 0 Å². The van der Waals surface area contributed by atoms with E-state index in [0.717, 1.165) is 0 Å². The zero-order valence-corrected chi connectivity index (χ0v) is 18.5. The Labute approximate surface area is 182 Å². The molecular formula is C24H28N2O5. The lowest BCUT2D eigenvalue weighted by atomic mass is 10.0. The zero-order chi connectivity index (χ0) is 22.5. The van der Waals surface area contributed by atoms with Gasteiger partial charge in [-0.3, -0.25) is 14.5 Å². The molecule has 0 bridgehead atoms. The summed E-state index contributed by atoms with van der Waals surface area (Å²) in [5.74, 6) is 1.14. The maximum absolute atomic E-state index is 13.2. The van der Waals surface area contributed by atoms with Gasteiger partial charge in [-0.2, -0.15) is 0 Å². The molecule has 7 nitrogen and oxygen atoms in total. The molecule has 0 spiro atoms. The number of hydrogen-bond donors (Lipinski definition) is 1. The summed E-state index contributed by atoms with van der Waals surface area (Å²) < 4.78 is 16.4. The van der Waals surface area contributed by atoms with E-state index in [-0.39, 0.29) is 23.6 Å². The summed E-state index contributed by atoms with van der Waals surface area (Å²) in [6.45, 7) is 6.16. The molecule has 164 valence electrons. The number of rotatable bonds is 9. The highest BCUT2D eigenvalue weighted by Gasteiger charge is 2.39. The molecule has 1 heterocycles. The predicted molar refractivity (Wildman–Crippen MR) is 119 cm³/mol. The minimum atomic E-state index is -0.366. The number of nitrogens with one attached hydrogen (secondary N) is 1. The molecule has 0 aromatic heterocycles. The third-order valence-electron chi connectivity index (χ3n) is 4.80. The molecule has 1 aliphatic heterocycles. The van der Waals surface area contributed by atoms with Crippen molar-refractivity contribution < 1.29 is 23.8 Å². The van der Waals surface area contributed by atoms with Gasteiger partial charge in [0.15, 0.2) is 0 Å². The quantitative estimate of drug-likeness (QED) is 0.611. The molecule has 7 heteroatoms. The summed E-state index contributed by atoms with van der Waals surface area (Å²) in [6, 6.07) is 12.4. The summed E-state index contributed by atoms with van der Waals surface area (Å²) in [7, 11) is 3.10. The van der Waals surface area contributed by atoms with E-state index < -0.39 is 0 Å². The third-order valence-corrected chi connectivity index (χ3v) is 4.80. The van der Waals surface area contributed by atoms with Gasteiger partial charge in [-0.15, -0.1) is 0 Å². The first-order chi connectivity index (χ1) is 14.9. The Morgan fingerprint density at radius 3 is 2.19 bits per heavy atom. The van der Waals surface area contributed by atoms with Crippen LogP contribution in [-0.2, 0) is 9.59 Å². The molecule has 0 aliphatic carbocycles. The van der Waals surface area contributed by atoms with Gasteiger partial charge < -0.3 is 19.5 Å². The monoisotopic (exact) mass is 424 g/mol. The van der Waals surface area contributed by atoms with E-state index >= 15 is 0 Å². The summed E-state index contributed by atoms with van der Waals surface area (Å²) in [4.78, 5) is 27.6. The van der Waals surface area contributed by atoms with Gasteiger partial charge in [-0.25, -0.2) is 0 Å². The van der Waals surface area contributed by atoms with Crippen molar-refractivity contribution in [3.05, 3.63) is 53.7 Å². The van der Waals surface area contributed by atoms with Gasteiger partial charge in [0.05, 0.1) is 31.6 Å². The van der Waals surface area contributed by atoms with Crippen molar-refractivity contribution in [3.63, 3.8) is 0 Å². The SMILES string of the molecule is CCCN1C(=O)C(Nc2cc(OC)ccc2OC)=C(c2ccc(OC(C)C)cc2)C1=O. The van der Waals surface area contributed by atoms with E-state index in [4.69, 9.17) is 14.2 Å². The van der Waals surface area contributed by atoms with Crippen molar-refractivity contribution >= 4 is 23.1 Å². The van der Waals surface area contributed by atoms with Crippen molar-refractivity contribution in [2.24, 2.45) is 0 Å². The second kappa shape index (κ2) is 9.55. The Morgan fingerprint density at radius 2 is 1.61 bits per heavy atom. The van der Waals surface area contributed by atoms with Gasteiger partial charge in [0.25, 0.3) is 11.8 Å². The molecule has 2 aromatic carbocycles. The molecule has 3 rings (SSSR count). The van der Waals surface area contributed by atoms with Crippen LogP contribution in [0.25, 0.3) is 5.57 Å². The van der Waals surface area contributed by atoms with Gasteiger partial charge >= 0.3 is 0 Å². The first-order valence-corrected chi connectivity index (χ1v) is 10.3. The first kappa shape index (κ1) is 22.2. The topological polar surface area (TPSA) is 77.1 Å². The van der Waals surface area contributed by atoms with Gasteiger partial charge in [-0.1, -0.05) is 19.1 Å². The van der Waals surface area contributed by atoms with Crippen molar-refractivity contribution in [1.29, 1.82) is 0 Å². The highest BCUT2D eigenvalue weighted by Crippen LogP contribution is 2.35. The fourth-order valence-corrected chi connectivity index (χ4v) is 3.41. The number of amides is 2. The Balaban J connectivity index is 2.06. The van der Waals surface area contributed by atoms with Crippen molar-refractivity contribution in [1.82, 2.24) is 4.90 Å². The highest BCUT2D eigenvalue weighted by molar-refractivity contribution is 6.36. The molecule has 0 atom stereocenters. The number of hydrogen-bond acceptors (Lipinski definition) is 6. The maximum atomic E-state index is 13.2. The Hall–Kier alpha value is -3.48. The van der Waals surface area contributed by atoms with Crippen LogP contribution < -0.4 is 19.5 Å². The molecule has 31 heavy (non-hydrogen) atoms. The average molecular weight is 424 g/mol. The molecule has 0 saturated carbocycles. The Morgan fingerprint density at radius 1 is 0.935 bits per heavy atom. The second-order valence-corrected chi connectivity index (χ2v) is 7.39. The van der Waals surface area contributed by atoms with Crippen molar-refractivity contribution in [3.8, 4) is 17.2 Å². The molecule has 0 unspecified atom stereocenters. The van der Waals surface area contributed by atoms with Gasteiger partial charge in [-0.05, 0) is 50.1 Å². The number of nitrogens with zero attached hydrogens (tertiary/aromatic N) is 1. The highest BCUT2D eigenvalue weighted by atomic mass is 16.5. The van der Waals surface area contributed by atoms with E-state index in [2.05, 4.69) is 5.32 Å². The number of carbonyl (C=O) groups excluding carboxylic acids is 2. The van der Waals surface area contributed by atoms with E-state index in [1.54, 1.807) is 56.7 Å². The van der Waals surface area contributed by atoms with E-state index in [1.807, 2.05) is 20.8 Å². The van der Waals surface area contributed by atoms with E-state index in [9.17, 15) is 9.59 Å². The third kappa shape index (κ3) is 4.66. The number of ether oxygens (including phenoxy) is 3. The van der Waals surface area contributed by atoms with E-state index in [0.29, 0.717) is 47.0 Å². The fourth-order valence-electron chi connectivity index (χ4n) is 3.41. The zero-order valence-electron chi connectivity index (χ0n) is 18.5. The lowest BCUT2D eigenvalue weighted by Gasteiger charge is -2.15. The number of imide groups is 1. The van der Waals surface area contributed by atoms with Crippen LogP contribution in [-0.4, -0.2) is 43.6 Å². The average Bonchev–Trinajstić information content (AvgIpc) is 2.98. The summed E-state index contributed by atoms with van der Waals surface area (Å²) in [5.41, 5.74) is 1.70. The molecule has 1 aliphatic rings. The van der Waals surface area contributed by atoms with Crippen LogP contribution in [0, 0.1) is 0 Å². The molecule has 0 fully saturated rings. The van der Waals surface area contributed by atoms with E-state index in [1.165, 1.54) is 4.90 Å². The molecule has 2 aromatic rings. The maximum Gasteiger partial charge on any atom is 0.278 e. The molecular weight excluding hydrogens is 396 g/mol. The Kier molecular flexibility index (Phi) is 6.84. The van der Waals surface area contributed by atoms with Crippen molar-refractivity contribution in [2.75, 3.05) is 26.1 Å². The van der Waals surface area contributed by atoms with Crippen LogP contribution >= 0.6 is 0 Å². The molecule has 1 N–H and O–H groups in total. The molecule has 0 radical (unpaired) electrons. The normalized spacial score (nSPS) is 13.8. The lowest BCUT2D eigenvalue weighted by molar-refractivity contribution is -0.136. The Bertz CT molecular complexity index is 996. The minimum Gasteiger partial charge on any atom is -0.497 e. The largest absolute Gasteiger partial charge is 0.497 e. The number of benzene rings is 2. The van der Waals surface area contributed by atoms with Crippen LogP contribution in [0.4, 0.5) is 5.69 Å². The van der Waals surface area contributed by atoms with Crippen LogP contribution in [0.5, 0.6) is 17.2 Å². The van der Waals surface area contributed by atoms with Crippen LogP contribution in [0.1, 0.15) is 32.8 Å². The first-order valence-electron chi connectivity index (χ1n) is 10.3. The van der Waals surface area contributed by atoms with Gasteiger partial charge in [0.1, 0.15) is 22.9 Å². The fraction of sp³-hybridized carbons (Fsp3) is 0.333. The molecule has 2 amide bonds. The van der Waals surface area contributed by atoms with Gasteiger partial charge in [0, 0.05) is 12.6 Å².